The number of carbonyl (C=O) groups is 2. The molecule has 7 nitrogen and oxygen atoms in total. The van der Waals surface area contributed by atoms with Gasteiger partial charge in [0.15, 0.2) is 18.1 Å². The molecule has 0 radical (unpaired) electrons. The maximum absolute atomic E-state index is 11.5. The smallest absolute Gasteiger partial charge is 0.325 e. The lowest BCUT2D eigenvalue weighted by molar-refractivity contribution is -0.141. The summed E-state index contributed by atoms with van der Waals surface area (Å²) < 4.78 is 10.3. The summed E-state index contributed by atoms with van der Waals surface area (Å²) in [7, 11) is 1.41. The minimum Gasteiger partial charge on any atom is -0.493 e. The minimum atomic E-state index is -1.13. The van der Waals surface area contributed by atoms with Gasteiger partial charge in [-0.1, -0.05) is 0 Å². The first kappa shape index (κ1) is 15.3. The highest BCUT2D eigenvalue weighted by molar-refractivity contribution is 5.84. The van der Waals surface area contributed by atoms with Crippen molar-refractivity contribution in [2.24, 2.45) is 0 Å². The second-order valence-electron chi connectivity index (χ2n) is 3.89. The summed E-state index contributed by atoms with van der Waals surface area (Å²) >= 11 is 0. The van der Waals surface area contributed by atoms with E-state index in [0.29, 0.717) is 17.1 Å². The molecule has 1 unspecified atom stereocenters. The number of hydrogen-bond acceptors (Lipinski definition) is 5. The molecule has 0 saturated carbocycles. The molecular formula is C13H14N2O5. The molecule has 1 aromatic rings. The number of rotatable bonds is 6. The normalized spacial score (nSPS) is 11.1. The second kappa shape index (κ2) is 6.99. The summed E-state index contributed by atoms with van der Waals surface area (Å²) in [5.74, 6) is -1.08. The first-order valence-electron chi connectivity index (χ1n) is 5.71. The lowest BCUT2D eigenvalue weighted by atomic mass is 10.2. The molecule has 0 bridgehead atoms. The largest absolute Gasteiger partial charge is 0.493 e. The number of benzene rings is 1. The van der Waals surface area contributed by atoms with Gasteiger partial charge in [-0.25, -0.2) is 0 Å². The molecule has 7 heteroatoms. The zero-order chi connectivity index (χ0) is 15.1. The van der Waals surface area contributed by atoms with Crippen molar-refractivity contribution in [3.63, 3.8) is 0 Å². The molecule has 0 aromatic heterocycles. The van der Waals surface area contributed by atoms with Crippen LogP contribution < -0.4 is 14.8 Å². The van der Waals surface area contributed by atoms with Crippen molar-refractivity contribution in [2.45, 2.75) is 13.0 Å². The van der Waals surface area contributed by atoms with Gasteiger partial charge in [-0.2, -0.15) is 5.26 Å². The summed E-state index contributed by atoms with van der Waals surface area (Å²) in [5.41, 5.74) is 0.401. The quantitative estimate of drug-likeness (QED) is 0.786. The minimum absolute atomic E-state index is 0.296. The fourth-order valence-corrected chi connectivity index (χ4v) is 1.34. The van der Waals surface area contributed by atoms with Crippen molar-refractivity contribution in [1.82, 2.24) is 5.32 Å². The SMILES string of the molecule is COc1cc(C#N)ccc1OCC(=O)NC(C)C(=O)O. The van der Waals surface area contributed by atoms with Crippen LogP contribution in [0, 0.1) is 11.3 Å². The van der Waals surface area contributed by atoms with E-state index in [0.717, 1.165) is 0 Å². The molecule has 106 valence electrons. The lowest BCUT2D eigenvalue weighted by Gasteiger charge is -2.12. The van der Waals surface area contributed by atoms with Crippen LogP contribution in [-0.2, 0) is 9.59 Å². The molecule has 0 aliphatic carbocycles. The number of methoxy groups -OCH3 is 1. The van der Waals surface area contributed by atoms with Gasteiger partial charge in [0.25, 0.3) is 5.91 Å². The van der Waals surface area contributed by atoms with E-state index >= 15 is 0 Å². The Hall–Kier alpha value is -2.75. The topological polar surface area (TPSA) is 109 Å². The fraction of sp³-hybridized carbons (Fsp3) is 0.308. The van der Waals surface area contributed by atoms with Crippen molar-refractivity contribution in [3.05, 3.63) is 23.8 Å². The number of carboxylic acid groups (broad SMARTS) is 1. The third kappa shape index (κ3) is 4.17. The van der Waals surface area contributed by atoms with Crippen LogP contribution in [0.2, 0.25) is 0 Å². The van der Waals surface area contributed by atoms with Crippen LogP contribution >= 0.6 is 0 Å². The van der Waals surface area contributed by atoms with E-state index in [1.807, 2.05) is 6.07 Å². The zero-order valence-corrected chi connectivity index (χ0v) is 11.0. The molecule has 1 aromatic carbocycles. The highest BCUT2D eigenvalue weighted by atomic mass is 16.5. The van der Waals surface area contributed by atoms with Crippen LogP contribution in [0.1, 0.15) is 12.5 Å². The first-order chi connectivity index (χ1) is 9.47. The van der Waals surface area contributed by atoms with Crippen molar-refractivity contribution >= 4 is 11.9 Å². The predicted molar refractivity (Wildman–Crippen MR) is 68.4 cm³/mol. The van der Waals surface area contributed by atoms with Gasteiger partial charge in [0.2, 0.25) is 0 Å². The number of carboxylic acids is 1. The third-order valence-electron chi connectivity index (χ3n) is 2.40. The summed E-state index contributed by atoms with van der Waals surface area (Å²) in [4.78, 5) is 22.0. The number of nitriles is 1. The molecule has 0 aliphatic heterocycles. The molecule has 0 heterocycles. The first-order valence-corrected chi connectivity index (χ1v) is 5.71. The van der Waals surface area contributed by atoms with E-state index in [2.05, 4.69) is 5.32 Å². The van der Waals surface area contributed by atoms with Crippen LogP contribution in [0.4, 0.5) is 0 Å². The monoisotopic (exact) mass is 278 g/mol. The van der Waals surface area contributed by atoms with Crippen molar-refractivity contribution in [2.75, 3.05) is 13.7 Å². The molecule has 1 amide bonds. The van der Waals surface area contributed by atoms with Crippen LogP contribution in [0.15, 0.2) is 18.2 Å². The van der Waals surface area contributed by atoms with E-state index in [-0.39, 0.29) is 6.61 Å². The lowest BCUT2D eigenvalue weighted by Crippen LogP contribution is -2.40. The molecule has 0 spiro atoms. The van der Waals surface area contributed by atoms with Crippen molar-refractivity contribution in [3.8, 4) is 17.6 Å². The summed E-state index contributed by atoms with van der Waals surface area (Å²) in [6.45, 7) is 1.00. The van der Waals surface area contributed by atoms with E-state index < -0.39 is 17.9 Å². The van der Waals surface area contributed by atoms with E-state index in [1.54, 1.807) is 0 Å². The number of carbonyl (C=O) groups excluding carboxylic acids is 1. The van der Waals surface area contributed by atoms with Crippen molar-refractivity contribution in [1.29, 1.82) is 5.26 Å². The van der Waals surface area contributed by atoms with E-state index in [9.17, 15) is 9.59 Å². The van der Waals surface area contributed by atoms with Crippen LogP contribution in [0.5, 0.6) is 11.5 Å². The number of nitrogens with zero attached hydrogens (tertiary/aromatic N) is 1. The Kier molecular flexibility index (Phi) is 5.35. The second-order valence-corrected chi connectivity index (χ2v) is 3.89. The molecule has 1 rings (SSSR count). The predicted octanol–water partition coefficient (Wildman–Crippen LogP) is 0.535. The molecule has 2 N–H and O–H groups in total. The zero-order valence-electron chi connectivity index (χ0n) is 11.0. The van der Waals surface area contributed by atoms with Gasteiger partial charge in [-0.05, 0) is 19.1 Å². The van der Waals surface area contributed by atoms with Gasteiger partial charge < -0.3 is 19.9 Å². The molecule has 0 aliphatic rings. The summed E-state index contributed by atoms with van der Waals surface area (Å²) in [5, 5.41) is 19.7. The molecule has 0 fully saturated rings. The molecule has 20 heavy (non-hydrogen) atoms. The average Bonchev–Trinajstić information content (AvgIpc) is 2.44. The van der Waals surface area contributed by atoms with Gasteiger partial charge in [0.05, 0.1) is 18.7 Å². The Morgan fingerprint density at radius 3 is 2.70 bits per heavy atom. The Balaban J connectivity index is 2.64. The Morgan fingerprint density at radius 2 is 2.15 bits per heavy atom. The van der Waals surface area contributed by atoms with E-state index in [4.69, 9.17) is 19.8 Å². The van der Waals surface area contributed by atoms with Gasteiger partial charge in [-0.3, -0.25) is 9.59 Å². The standard InChI is InChI=1S/C13H14N2O5/c1-8(13(17)18)15-12(16)7-20-10-4-3-9(6-14)5-11(10)19-2/h3-5,8H,7H2,1-2H3,(H,15,16)(H,17,18). The number of nitrogens with one attached hydrogen (secondary N) is 1. The summed E-state index contributed by atoms with van der Waals surface area (Å²) in [6.07, 6.45) is 0. The molecular weight excluding hydrogens is 264 g/mol. The van der Waals surface area contributed by atoms with Gasteiger partial charge in [-0.15, -0.1) is 0 Å². The van der Waals surface area contributed by atoms with Gasteiger partial charge in [0, 0.05) is 6.07 Å². The van der Waals surface area contributed by atoms with Gasteiger partial charge in [0.1, 0.15) is 6.04 Å². The maximum atomic E-state index is 11.5. The summed E-state index contributed by atoms with van der Waals surface area (Å²) in [6, 6.07) is 5.47. The number of aliphatic carboxylic acids is 1. The molecule has 1 atom stereocenters. The van der Waals surface area contributed by atoms with Crippen LogP contribution in [0.25, 0.3) is 0 Å². The van der Waals surface area contributed by atoms with Crippen LogP contribution in [0.3, 0.4) is 0 Å². The number of ether oxygens (including phenoxy) is 2. The van der Waals surface area contributed by atoms with Crippen molar-refractivity contribution < 1.29 is 24.2 Å². The fourth-order valence-electron chi connectivity index (χ4n) is 1.34. The Morgan fingerprint density at radius 1 is 1.45 bits per heavy atom. The van der Waals surface area contributed by atoms with Gasteiger partial charge >= 0.3 is 5.97 Å². The number of hydrogen-bond donors (Lipinski definition) is 2. The van der Waals surface area contributed by atoms with E-state index in [1.165, 1.54) is 32.2 Å². The van der Waals surface area contributed by atoms with Crippen LogP contribution in [-0.4, -0.2) is 36.7 Å². The average molecular weight is 278 g/mol. The maximum Gasteiger partial charge on any atom is 0.325 e. The highest BCUT2D eigenvalue weighted by Crippen LogP contribution is 2.27. The Labute approximate surface area is 115 Å². The highest BCUT2D eigenvalue weighted by Gasteiger charge is 2.15. The third-order valence-corrected chi connectivity index (χ3v) is 2.40. The Bertz CT molecular complexity index is 550. The number of amides is 1. The molecule has 0 saturated heterocycles.